The number of carbonyl (C=O) groups is 2. The van der Waals surface area contributed by atoms with Crippen molar-refractivity contribution in [3.63, 3.8) is 0 Å². The van der Waals surface area contributed by atoms with Crippen molar-refractivity contribution in [2.75, 3.05) is 5.32 Å². The van der Waals surface area contributed by atoms with Gasteiger partial charge in [0.25, 0.3) is 11.6 Å². The summed E-state index contributed by atoms with van der Waals surface area (Å²) in [5, 5.41) is 22.2. The lowest BCUT2D eigenvalue weighted by molar-refractivity contribution is -0.383. The predicted octanol–water partition coefficient (Wildman–Crippen LogP) is 2.64. The Bertz CT molecular complexity index is 740. The molecule has 0 aliphatic heterocycles. The second-order valence-corrected chi connectivity index (χ2v) is 4.90. The number of nitro groups is 1. The fraction of sp³-hybridized carbons (Fsp3) is 0. The molecule has 9 heteroatoms. The van der Waals surface area contributed by atoms with E-state index < -0.39 is 22.5 Å². The normalized spacial score (nSPS) is 10.1. The molecular formula is C12H8BrN3O5. The fourth-order valence-corrected chi connectivity index (χ4v) is 1.95. The minimum absolute atomic E-state index is 0.0827. The van der Waals surface area contributed by atoms with Gasteiger partial charge in [0, 0.05) is 16.7 Å². The number of hydrogen-bond acceptors (Lipinski definition) is 4. The third kappa shape index (κ3) is 3.26. The fourth-order valence-electron chi connectivity index (χ4n) is 1.61. The van der Waals surface area contributed by atoms with Crippen LogP contribution in [0.4, 0.5) is 11.4 Å². The summed E-state index contributed by atoms with van der Waals surface area (Å²) in [5.74, 6) is -1.86. The van der Waals surface area contributed by atoms with Gasteiger partial charge in [0.05, 0.1) is 10.5 Å². The molecule has 2 rings (SSSR count). The monoisotopic (exact) mass is 353 g/mol. The van der Waals surface area contributed by atoms with E-state index in [4.69, 9.17) is 5.11 Å². The largest absolute Gasteiger partial charge is 0.478 e. The number of carboxylic acid groups (broad SMARTS) is 1. The molecule has 1 aromatic carbocycles. The number of nitrogens with one attached hydrogen (secondary N) is 2. The third-order valence-electron chi connectivity index (χ3n) is 2.58. The van der Waals surface area contributed by atoms with Gasteiger partial charge >= 0.3 is 5.97 Å². The second kappa shape index (κ2) is 5.75. The maximum absolute atomic E-state index is 11.9. The van der Waals surface area contributed by atoms with E-state index in [1.807, 2.05) is 0 Å². The number of halogens is 1. The van der Waals surface area contributed by atoms with Gasteiger partial charge in [-0.3, -0.25) is 14.9 Å². The number of carboxylic acids is 1. The zero-order valence-electron chi connectivity index (χ0n) is 10.3. The summed E-state index contributed by atoms with van der Waals surface area (Å²) in [4.78, 5) is 35.6. The Morgan fingerprint density at radius 1 is 1.33 bits per heavy atom. The highest BCUT2D eigenvalue weighted by Crippen LogP contribution is 2.26. The summed E-state index contributed by atoms with van der Waals surface area (Å²) in [7, 11) is 0. The number of amides is 1. The summed E-state index contributed by atoms with van der Waals surface area (Å²) in [6.07, 6.45) is 1.54. The van der Waals surface area contributed by atoms with Crippen molar-refractivity contribution in [3.05, 3.63) is 56.3 Å². The van der Waals surface area contributed by atoms with Gasteiger partial charge in [-0.25, -0.2) is 4.79 Å². The van der Waals surface area contributed by atoms with E-state index >= 15 is 0 Å². The first-order chi connectivity index (χ1) is 9.88. The van der Waals surface area contributed by atoms with Crippen LogP contribution in [-0.4, -0.2) is 26.9 Å². The molecule has 0 radical (unpaired) electrons. The van der Waals surface area contributed by atoms with Crippen molar-refractivity contribution in [3.8, 4) is 0 Å². The number of hydrogen-bond donors (Lipinski definition) is 3. The number of benzene rings is 1. The van der Waals surface area contributed by atoms with Crippen LogP contribution >= 0.6 is 15.9 Å². The molecular weight excluding hydrogens is 346 g/mol. The van der Waals surface area contributed by atoms with Crippen LogP contribution in [0.25, 0.3) is 0 Å². The first-order valence-electron chi connectivity index (χ1n) is 5.55. The highest BCUT2D eigenvalue weighted by atomic mass is 79.9. The van der Waals surface area contributed by atoms with Crippen LogP contribution in [-0.2, 0) is 0 Å². The molecule has 0 saturated heterocycles. The zero-order chi connectivity index (χ0) is 15.6. The number of aromatic nitrogens is 1. The number of nitrogens with zero attached hydrogens (tertiary/aromatic N) is 1. The Morgan fingerprint density at radius 2 is 2.05 bits per heavy atom. The smallest absolute Gasteiger partial charge is 0.335 e. The predicted molar refractivity (Wildman–Crippen MR) is 76.5 cm³/mol. The first kappa shape index (κ1) is 14.7. The van der Waals surface area contributed by atoms with Crippen molar-refractivity contribution in [1.82, 2.24) is 4.98 Å². The summed E-state index contributed by atoms with van der Waals surface area (Å²) in [5.41, 5.74) is -0.601. The van der Waals surface area contributed by atoms with Gasteiger partial charge in [0.1, 0.15) is 11.4 Å². The average Bonchev–Trinajstić information content (AvgIpc) is 2.85. The molecule has 8 nitrogen and oxygen atoms in total. The van der Waals surface area contributed by atoms with Crippen LogP contribution in [0.2, 0.25) is 0 Å². The molecule has 0 fully saturated rings. The number of rotatable bonds is 4. The number of anilines is 1. The van der Waals surface area contributed by atoms with Gasteiger partial charge in [0.15, 0.2) is 0 Å². The Hall–Kier alpha value is -2.68. The Labute approximate surface area is 126 Å². The highest BCUT2D eigenvalue weighted by Gasteiger charge is 2.19. The van der Waals surface area contributed by atoms with Gasteiger partial charge < -0.3 is 15.4 Å². The topological polar surface area (TPSA) is 125 Å². The summed E-state index contributed by atoms with van der Waals surface area (Å²) >= 11 is 3.16. The Balaban J connectivity index is 2.33. The summed E-state index contributed by atoms with van der Waals surface area (Å²) in [6.45, 7) is 0. The maximum atomic E-state index is 11.9. The minimum atomic E-state index is -1.29. The minimum Gasteiger partial charge on any atom is -0.478 e. The second-order valence-electron chi connectivity index (χ2n) is 3.98. The molecule has 0 spiro atoms. The van der Waals surface area contributed by atoms with Crippen molar-refractivity contribution < 1.29 is 19.6 Å². The third-order valence-corrected chi connectivity index (χ3v) is 3.04. The first-order valence-corrected chi connectivity index (χ1v) is 6.35. The van der Waals surface area contributed by atoms with Gasteiger partial charge in [-0.15, -0.1) is 0 Å². The zero-order valence-corrected chi connectivity index (χ0v) is 11.9. The van der Waals surface area contributed by atoms with Crippen LogP contribution in [0.15, 0.2) is 34.9 Å². The lowest BCUT2D eigenvalue weighted by atomic mass is 10.1. The van der Waals surface area contributed by atoms with Crippen molar-refractivity contribution in [2.45, 2.75) is 0 Å². The van der Waals surface area contributed by atoms with E-state index in [1.54, 1.807) is 0 Å². The number of H-pyrrole nitrogens is 1. The maximum Gasteiger partial charge on any atom is 0.335 e. The number of aromatic amines is 1. The van der Waals surface area contributed by atoms with Crippen molar-refractivity contribution in [2.24, 2.45) is 0 Å². The summed E-state index contributed by atoms with van der Waals surface area (Å²) < 4.78 is 0.656. The van der Waals surface area contributed by atoms with Crippen LogP contribution in [0.3, 0.4) is 0 Å². The Morgan fingerprint density at radius 3 is 2.57 bits per heavy atom. The molecule has 1 aromatic heterocycles. The van der Waals surface area contributed by atoms with Crippen LogP contribution < -0.4 is 5.32 Å². The number of carbonyl (C=O) groups excluding carboxylic acids is 1. The number of aromatic carboxylic acids is 1. The van der Waals surface area contributed by atoms with Gasteiger partial charge in [0.2, 0.25) is 0 Å². The van der Waals surface area contributed by atoms with E-state index in [-0.39, 0.29) is 16.9 Å². The molecule has 1 heterocycles. The molecule has 21 heavy (non-hydrogen) atoms. The lowest BCUT2D eigenvalue weighted by Gasteiger charge is -2.05. The van der Waals surface area contributed by atoms with Gasteiger partial charge in [-0.2, -0.15) is 0 Å². The van der Waals surface area contributed by atoms with E-state index in [2.05, 4.69) is 26.2 Å². The van der Waals surface area contributed by atoms with Gasteiger partial charge in [-0.1, -0.05) is 0 Å². The molecule has 0 bridgehead atoms. The van der Waals surface area contributed by atoms with Crippen LogP contribution in [0.1, 0.15) is 20.8 Å². The molecule has 0 saturated carbocycles. The van der Waals surface area contributed by atoms with Crippen LogP contribution in [0.5, 0.6) is 0 Å². The molecule has 2 aromatic rings. The quantitative estimate of drug-likeness (QED) is 0.575. The van der Waals surface area contributed by atoms with Gasteiger partial charge in [-0.05, 0) is 34.1 Å². The standard InChI is InChI=1S/C12H8BrN3O5/c13-7-4-9(14-5-7)11(17)15-8-2-1-6(12(18)19)3-10(8)16(20)21/h1-5,14H,(H,15,17)(H,18,19). The van der Waals surface area contributed by atoms with Crippen molar-refractivity contribution >= 4 is 39.2 Å². The van der Waals surface area contributed by atoms with E-state index in [0.717, 1.165) is 6.07 Å². The highest BCUT2D eigenvalue weighted by molar-refractivity contribution is 9.10. The molecule has 0 atom stereocenters. The Kier molecular flexibility index (Phi) is 4.03. The van der Waals surface area contributed by atoms with E-state index in [1.165, 1.54) is 24.4 Å². The lowest BCUT2D eigenvalue weighted by Crippen LogP contribution is -2.14. The molecule has 0 aliphatic rings. The van der Waals surface area contributed by atoms with Crippen LogP contribution in [0, 0.1) is 10.1 Å². The molecule has 0 aliphatic carbocycles. The van der Waals surface area contributed by atoms with Crippen molar-refractivity contribution in [1.29, 1.82) is 0 Å². The molecule has 1 amide bonds. The molecule has 3 N–H and O–H groups in total. The number of nitro benzene ring substituents is 1. The molecule has 0 unspecified atom stereocenters. The van der Waals surface area contributed by atoms with E-state index in [9.17, 15) is 19.7 Å². The van der Waals surface area contributed by atoms with E-state index in [0.29, 0.717) is 4.47 Å². The summed E-state index contributed by atoms with van der Waals surface area (Å²) in [6, 6.07) is 4.75. The average molecular weight is 354 g/mol. The molecule has 108 valence electrons. The SMILES string of the molecule is O=C(O)c1ccc(NC(=O)c2cc(Br)c[nH]2)c([N+](=O)[O-])c1.